The smallest absolute Gasteiger partial charge is 0.293 e. The van der Waals surface area contributed by atoms with E-state index in [1.165, 1.54) is 40.7 Å². The van der Waals surface area contributed by atoms with Gasteiger partial charge in [-0.3, -0.25) is 10.1 Å². The van der Waals surface area contributed by atoms with Crippen LogP contribution in [0.1, 0.15) is 32.4 Å². The third-order valence-electron chi connectivity index (χ3n) is 4.58. The molecule has 0 aliphatic carbocycles. The van der Waals surface area contributed by atoms with Gasteiger partial charge in [-0.15, -0.1) is 0 Å². The van der Waals surface area contributed by atoms with Crippen molar-refractivity contribution in [1.82, 2.24) is 4.31 Å². The van der Waals surface area contributed by atoms with Crippen LogP contribution in [-0.4, -0.2) is 41.9 Å². The summed E-state index contributed by atoms with van der Waals surface area (Å²) < 4.78 is 39.5. The Labute approximate surface area is 169 Å². The summed E-state index contributed by atoms with van der Waals surface area (Å²) >= 11 is 0. The van der Waals surface area contributed by atoms with Crippen molar-refractivity contribution in [3.05, 3.63) is 64.0 Å². The van der Waals surface area contributed by atoms with Gasteiger partial charge in [0.25, 0.3) is 5.69 Å². The third-order valence-corrected chi connectivity index (χ3v) is 6.62. The fourth-order valence-corrected chi connectivity index (χ4v) is 4.41. The van der Waals surface area contributed by atoms with Crippen LogP contribution >= 0.6 is 0 Å². The minimum absolute atomic E-state index is 0.0714. The van der Waals surface area contributed by atoms with Crippen molar-refractivity contribution in [2.75, 3.05) is 18.4 Å². The SMILES string of the molecule is CCN(CC)S(=O)(=O)c1ccc(NC(C)C(O)c2ccc(F)cc2)c([N+](=O)[O-])c1. The zero-order valence-electron chi connectivity index (χ0n) is 16.4. The molecule has 2 N–H and O–H groups in total. The first-order chi connectivity index (χ1) is 13.6. The van der Waals surface area contributed by atoms with Gasteiger partial charge in [0, 0.05) is 19.2 Å². The summed E-state index contributed by atoms with van der Waals surface area (Å²) in [7, 11) is -3.85. The second-order valence-electron chi connectivity index (χ2n) is 6.45. The molecular formula is C19H24FN3O5S. The number of nitro groups is 1. The molecular weight excluding hydrogens is 401 g/mol. The van der Waals surface area contributed by atoms with E-state index in [1.54, 1.807) is 20.8 Å². The molecule has 0 bridgehead atoms. The first kappa shape index (κ1) is 22.7. The number of anilines is 1. The quantitative estimate of drug-likeness (QED) is 0.471. The van der Waals surface area contributed by atoms with Crippen LogP contribution in [0.5, 0.6) is 0 Å². The highest BCUT2D eigenvalue weighted by atomic mass is 32.2. The van der Waals surface area contributed by atoms with Gasteiger partial charge in [-0.25, -0.2) is 12.8 Å². The van der Waals surface area contributed by atoms with Crippen molar-refractivity contribution >= 4 is 21.4 Å². The van der Waals surface area contributed by atoms with Crippen LogP contribution in [0.25, 0.3) is 0 Å². The Balaban J connectivity index is 2.33. The molecule has 2 atom stereocenters. The first-order valence-corrected chi connectivity index (χ1v) is 10.5. The summed E-state index contributed by atoms with van der Waals surface area (Å²) in [6, 6.07) is 8.21. The van der Waals surface area contributed by atoms with Crippen molar-refractivity contribution in [1.29, 1.82) is 0 Å². The number of hydrogen-bond donors (Lipinski definition) is 2. The fraction of sp³-hybridized carbons (Fsp3) is 0.368. The largest absolute Gasteiger partial charge is 0.386 e. The number of aliphatic hydroxyl groups is 1. The number of rotatable bonds is 9. The lowest BCUT2D eigenvalue weighted by molar-refractivity contribution is -0.384. The zero-order valence-corrected chi connectivity index (χ0v) is 17.2. The zero-order chi connectivity index (χ0) is 21.8. The minimum atomic E-state index is -3.85. The predicted molar refractivity (Wildman–Crippen MR) is 108 cm³/mol. The van der Waals surface area contributed by atoms with E-state index < -0.39 is 38.6 Å². The van der Waals surface area contributed by atoms with Crippen LogP contribution in [-0.2, 0) is 10.0 Å². The average molecular weight is 425 g/mol. The molecule has 0 aliphatic rings. The molecule has 8 nitrogen and oxygen atoms in total. The first-order valence-electron chi connectivity index (χ1n) is 9.10. The number of benzene rings is 2. The summed E-state index contributed by atoms with van der Waals surface area (Å²) in [5, 5.41) is 24.8. The molecule has 0 heterocycles. The molecule has 2 aromatic carbocycles. The van der Waals surface area contributed by atoms with E-state index in [4.69, 9.17) is 0 Å². The second-order valence-corrected chi connectivity index (χ2v) is 8.39. The Morgan fingerprint density at radius 2 is 1.76 bits per heavy atom. The highest BCUT2D eigenvalue weighted by Crippen LogP contribution is 2.31. The molecule has 0 fully saturated rings. The van der Waals surface area contributed by atoms with Crippen LogP contribution in [0, 0.1) is 15.9 Å². The van der Waals surface area contributed by atoms with Crippen LogP contribution in [0.15, 0.2) is 47.4 Å². The maximum atomic E-state index is 13.1. The molecule has 2 unspecified atom stereocenters. The predicted octanol–water partition coefficient (Wildman–Crippen LogP) is 3.30. The number of nitrogens with one attached hydrogen (secondary N) is 1. The van der Waals surface area contributed by atoms with E-state index in [-0.39, 0.29) is 23.7 Å². The van der Waals surface area contributed by atoms with E-state index in [2.05, 4.69) is 5.32 Å². The monoisotopic (exact) mass is 425 g/mol. The fourth-order valence-electron chi connectivity index (χ4n) is 2.93. The van der Waals surface area contributed by atoms with Gasteiger partial charge in [0.05, 0.1) is 22.0 Å². The van der Waals surface area contributed by atoms with Crippen LogP contribution in [0.2, 0.25) is 0 Å². The number of nitro benzene ring substituents is 1. The van der Waals surface area contributed by atoms with Gasteiger partial charge in [0.1, 0.15) is 11.5 Å². The van der Waals surface area contributed by atoms with Crippen molar-refractivity contribution in [3.8, 4) is 0 Å². The number of aliphatic hydroxyl groups excluding tert-OH is 1. The topological polar surface area (TPSA) is 113 Å². The summed E-state index contributed by atoms with van der Waals surface area (Å²) in [6.45, 7) is 5.47. The summed E-state index contributed by atoms with van der Waals surface area (Å²) in [5.41, 5.74) is 0.0910. The van der Waals surface area contributed by atoms with Crippen LogP contribution in [0.4, 0.5) is 15.8 Å². The van der Waals surface area contributed by atoms with Gasteiger partial charge in [0.2, 0.25) is 10.0 Å². The summed E-state index contributed by atoms with van der Waals surface area (Å²) in [4.78, 5) is 10.7. The molecule has 2 aromatic rings. The van der Waals surface area contributed by atoms with Crippen molar-refractivity contribution in [2.45, 2.75) is 37.8 Å². The van der Waals surface area contributed by atoms with Crippen LogP contribution in [0.3, 0.4) is 0 Å². The van der Waals surface area contributed by atoms with E-state index in [0.29, 0.717) is 5.56 Å². The Hall–Kier alpha value is -2.56. The molecule has 0 aliphatic heterocycles. The van der Waals surface area contributed by atoms with E-state index in [9.17, 15) is 28.0 Å². The molecule has 158 valence electrons. The lowest BCUT2D eigenvalue weighted by Gasteiger charge is -2.22. The van der Waals surface area contributed by atoms with Crippen molar-refractivity contribution in [3.63, 3.8) is 0 Å². The van der Waals surface area contributed by atoms with Gasteiger partial charge >= 0.3 is 0 Å². The Morgan fingerprint density at radius 1 is 1.17 bits per heavy atom. The van der Waals surface area contributed by atoms with Gasteiger partial charge in [-0.1, -0.05) is 26.0 Å². The van der Waals surface area contributed by atoms with Crippen molar-refractivity contribution < 1.29 is 22.8 Å². The highest BCUT2D eigenvalue weighted by molar-refractivity contribution is 7.89. The highest BCUT2D eigenvalue weighted by Gasteiger charge is 2.27. The molecule has 29 heavy (non-hydrogen) atoms. The molecule has 10 heteroatoms. The van der Waals surface area contributed by atoms with E-state index in [1.807, 2.05) is 0 Å². The minimum Gasteiger partial charge on any atom is -0.386 e. The summed E-state index contributed by atoms with van der Waals surface area (Å²) in [5.74, 6) is -0.442. The Morgan fingerprint density at radius 3 is 2.28 bits per heavy atom. The normalized spacial score (nSPS) is 13.9. The maximum Gasteiger partial charge on any atom is 0.293 e. The molecule has 0 amide bonds. The summed E-state index contributed by atoms with van der Waals surface area (Å²) in [6.07, 6.45) is -1.06. The third kappa shape index (κ3) is 5.08. The van der Waals surface area contributed by atoms with E-state index >= 15 is 0 Å². The lowest BCUT2D eigenvalue weighted by Crippen LogP contribution is -2.30. The van der Waals surface area contributed by atoms with Gasteiger partial charge < -0.3 is 10.4 Å². The molecule has 0 saturated carbocycles. The molecule has 2 rings (SSSR count). The number of hydrogen-bond acceptors (Lipinski definition) is 6. The van der Waals surface area contributed by atoms with Crippen LogP contribution < -0.4 is 5.32 Å². The molecule has 0 aromatic heterocycles. The molecule has 0 saturated heterocycles. The lowest BCUT2D eigenvalue weighted by atomic mass is 10.0. The number of nitrogens with zero attached hydrogens (tertiary/aromatic N) is 2. The number of sulfonamides is 1. The Bertz CT molecular complexity index is 962. The second kappa shape index (κ2) is 9.29. The van der Waals surface area contributed by atoms with Gasteiger partial charge in [-0.05, 0) is 36.8 Å². The average Bonchev–Trinajstić information content (AvgIpc) is 2.68. The van der Waals surface area contributed by atoms with E-state index in [0.717, 1.165) is 6.07 Å². The molecule has 0 radical (unpaired) electrons. The Kier molecular flexibility index (Phi) is 7.28. The maximum absolute atomic E-state index is 13.1. The molecule has 0 spiro atoms. The van der Waals surface area contributed by atoms with Gasteiger partial charge in [-0.2, -0.15) is 4.31 Å². The standard InChI is InChI=1S/C19H24FN3O5S/c1-4-22(5-2)29(27,28)16-10-11-17(18(12-16)23(25)26)21-13(3)19(24)14-6-8-15(20)9-7-14/h6-13,19,21,24H,4-5H2,1-3H3. The van der Waals surface area contributed by atoms with Gasteiger partial charge in [0.15, 0.2) is 0 Å². The van der Waals surface area contributed by atoms with Crippen molar-refractivity contribution in [2.24, 2.45) is 0 Å². The number of halogens is 1.